The van der Waals surface area contributed by atoms with E-state index >= 15 is 0 Å². The molecule has 1 atom stereocenters. The number of anilines is 1. The third kappa shape index (κ3) is 6.34. The van der Waals surface area contributed by atoms with Gasteiger partial charge in [0.1, 0.15) is 12.3 Å². The Balaban J connectivity index is 0.00000324. The fourth-order valence-electron chi connectivity index (χ4n) is 4.28. The van der Waals surface area contributed by atoms with Gasteiger partial charge in [0.25, 0.3) is 0 Å². The Labute approximate surface area is 200 Å². The van der Waals surface area contributed by atoms with Crippen LogP contribution in [0.2, 0.25) is 0 Å². The SMILES string of the molecule is Cl.O=C(O)C[C@@H]1Cc2ccc(OCCc3cn4c(n3)NCCC4)cc2CN(CC(F)(F)F)C1=O. The van der Waals surface area contributed by atoms with Crippen molar-refractivity contribution in [2.75, 3.05) is 25.0 Å². The van der Waals surface area contributed by atoms with Crippen molar-refractivity contribution in [1.82, 2.24) is 14.5 Å². The normalized spacial score (nSPS) is 17.7. The molecule has 0 spiro atoms. The lowest BCUT2D eigenvalue weighted by Crippen LogP contribution is -2.41. The monoisotopic (exact) mass is 502 g/mol. The van der Waals surface area contributed by atoms with Crippen LogP contribution in [0.1, 0.15) is 29.7 Å². The number of rotatable bonds is 7. The smallest absolute Gasteiger partial charge is 0.406 e. The highest BCUT2D eigenvalue weighted by Crippen LogP contribution is 2.30. The van der Waals surface area contributed by atoms with Gasteiger partial charge in [-0.25, -0.2) is 4.98 Å². The van der Waals surface area contributed by atoms with E-state index in [9.17, 15) is 22.8 Å². The van der Waals surface area contributed by atoms with Gasteiger partial charge in [0, 0.05) is 32.3 Å². The summed E-state index contributed by atoms with van der Waals surface area (Å²) in [5.41, 5.74) is 2.06. The molecule has 0 radical (unpaired) electrons. The van der Waals surface area contributed by atoms with Crippen molar-refractivity contribution in [2.45, 2.75) is 44.9 Å². The molecule has 186 valence electrons. The van der Waals surface area contributed by atoms with E-state index < -0.39 is 36.9 Å². The minimum Gasteiger partial charge on any atom is -0.493 e. The molecule has 1 aromatic carbocycles. The van der Waals surface area contributed by atoms with Crippen LogP contribution in [0.15, 0.2) is 24.4 Å². The van der Waals surface area contributed by atoms with Crippen molar-refractivity contribution in [3.63, 3.8) is 0 Å². The number of benzene rings is 1. The standard InChI is InChI=1S/C22H25F3N4O4.ClH/c23-22(24,25)13-29-11-16-9-18(3-2-14(16)8-15(20(29)32)10-19(30)31)33-7-4-17-12-28-6-1-5-26-21(28)27-17;/h2-3,9,12,15H,1,4-8,10-11,13H2,(H,26,27)(H,30,31);1H/t15-;/m0./s1. The molecule has 0 saturated heterocycles. The summed E-state index contributed by atoms with van der Waals surface area (Å²) in [5, 5.41) is 12.3. The van der Waals surface area contributed by atoms with Crippen molar-refractivity contribution in [3.8, 4) is 5.75 Å². The maximum Gasteiger partial charge on any atom is 0.406 e. The van der Waals surface area contributed by atoms with Crippen molar-refractivity contribution in [1.29, 1.82) is 0 Å². The number of halogens is 4. The Kier molecular flexibility index (Phi) is 7.96. The van der Waals surface area contributed by atoms with E-state index in [0.29, 0.717) is 34.8 Å². The van der Waals surface area contributed by atoms with Crippen molar-refractivity contribution in [3.05, 3.63) is 41.2 Å². The third-order valence-electron chi connectivity index (χ3n) is 5.77. The average molecular weight is 503 g/mol. The number of aliphatic carboxylic acids is 1. The lowest BCUT2D eigenvalue weighted by atomic mass is 9.94. The summed E-state index contributed by atoms with van der Waals surface area (Å²) in [6.07, 6.45) is -1.45. The third-order valence-corrected chi connectivity index (χ3v) is 5.77. The number of amides is 1. The van der Waals surface area contributed by atoms with Crippen LogP contribution >= 0.6 is 12.4 Å². The molecule has 0 unspecified atom stereocenters. The number of nitrogens with zero attached hydrogens (tertiary/aromatic N) is 3. The van der Waals surface area contributed by atoms with Gasteiger partial charge >= 0.3 is 12.1 Å². The van der Waals surface area contributed by atoms with Crippen LogP contribution in [-0.2, 0) is 35.5 Å². The van der Waals surface area contributed by atoms with Gasteiger partial charge in [0.2, 0.25) is 11.9 Å². The van der Waals surface area contributed by atoms with Gasteiger partial charge in [0.05, 0.1) is 24.6 Å². The molecule has 2 aliphatic rings. The van der Waals surface area contributed by atoms with Gasteiger partial charge in [-0.3, -0.25) is 9.59 Å². The first kappa shape index (κ1) is 25.7. The quantitative estimate of drug-likeness (QED) is 0.603. The summed E-state index contributed by atoms with van der Waals surface area (Å²) in [7, 11) is 0. The number of carboxylic acids is 1. The topological polar surface area (TPSA) is 96.7 Å². The van der Waals surface area contributed by atoms with E-state index in [2.05, 4.69) is 14.9 Å². The van der Waals surface area contributed by atoms with Gasteiger partial charge in [-0.1, -0.05) is 6.07 Å². The first-order valence-corrected chi connectivity index (χ1v) is 10.8. The first-order valence-electron chi connectivity index (χ1n) is 10.8. The van der Waals surface area contributed by atoms with E-state index in [-0.39, 0.29) is 25.4 Å². The van der Waals surface area contributed by atoms with E-state index in [4.69, 9.17) is 9.84 Å². The van der Waals surface area contributed by atoms with E-state index in [1.54, 1.807) is 18.2 Å². The molecule has 1 amide bonds. The van der Waals surface area contributed by atoms with E-state index in [1.165, 1.54) is 0 Å². The number of hydrogen-bond acceptors (Lipinski definition) is 5. The molecule has 0 bridgehead atoms. The molecule has 2 N–H and O–H groups in total. The number of aromatic nitrogens is 2. The molecule has 0 fully saturated rings. The second kappa shape index (κ2) is 10.5. The van der Waals surface area contributed by atoms with Crippen LogP contribution in [-0.4, -0.2) is 57.3 Å². The zero-order chi connectivity index (χ0) is 23.6. The fraction of sp³-hybridized carbons (Fsp3) is 0.500. The van der Waals surface area contributed by atoms with E-state index in [0.717, 1.165) is 31.2 Å². The second-order valence-electron chi connectivity index (χ2n) is 8.37. The maximum atomic E-state index is 13.1. The molecule has 0 saturated carbocycles. The highest BCUT2D eigenvalue weighted by Gasteiger charge is 2.38. The fourth-order valence-corrected chi connectivity index (χ4v) is 4.28. The van der Waals surface area contributed by atoms with Gasteiger partial charge in [-0.2, -0.15) is 13.2 Å². The van der Waals surface area contributed by atoms with Crippen LogP contribution in [0.5, 0.6) is 5.75 Å². The van der Waals surface area contributed by atoms with Crippen LogP contribution in [0.3, 0.4) is 0 Å². The summed E-state index contributed by atoms with van der Waals surface area (Å²) in [6, 6.07) is 5.03. The van der Waals surface area contributed by atoms with Crippen molar-refractivity contribution >= 4 is 30.2 Å². The predicted octanol–water partition coefficient (Wildman–Crippen LogP) is 3.28. The number of alkyl halides is 3. The number of hydrogen-bond donors (Lipinski definition) is 2. The number of fused-ring (bicyclic) bond motifs is 2. The average Bonchev–Trinajstić information content (AvgIpc) is 3.10. The Hall–Kier alpha value is -2.95. The van der Waals surface area contributed by atoms with Gasteiger partial charge in [0.15, 0.2) is 0 Å². The molecular weight excluding hydrogens is 477 g/mol. The predicted molar refractivity (Wildman–Crippen MR) is 119 cm³/mol. The highest BCUT2D eigenvalue weighted by molar-refractivity contribution is 5.85. The molecule has 3 heterocycles. The van der Waals surface area contributed by atoms with Crippen LogP contribution in [0.4, 0.5) is 19.1 Å². The zero-order valence-electron chi connectivity index (χ0n) is 18.3. The van der Waals surface area contributed by atoms with Crippen LogP contribution in [0, 0.1) is 5.92 Å². The second-order valence-corrected chi connectivity index (χ2v) is 8.37. The summed E-state index contributed by atoms with van der Waals surface area (Å²) < 4.78 is 47.0. The number of carboxylic acid groups (broad SMARTS) is 1. The Morgan fingerprint density at radius 1 is 1.29 bits per heavy atom. The van der Waals surface area contributed by atoms with E-state index in [1.807, 2.05) is 6.20 Å². The number of imidazole rings is 1. The molecular formula is C22H26ClF3N4O4. The minimum atomic E-state index is -4.58. The molecule has 8 nitrogen and oxygen atoms in total. The maximum absolute atomic E-state index is 13.1. The molecule has 4 rings (SSSR count). The van der Waals surface area contributed by atoms with Crippen molar-refractivity contribution in [2.24, 2.45) is 5.92 Å². The Morgan fingerprint density at radius 3 is 2.79 bits per heavy atom. The lowest BCUT2D eigenvalue weighted by Gasteiger charge is -2.25. The molecule has 1 aromatic heterocycles. The number of carbonyl (C=O) groups is 2. The number of carbonyl (C=O) groups excluding carboxylic acids is 1. The molecule has 2 aromatic rings. The molecule has 34 heavy (non-hydrogen) atoms. The minimum absolute atomic E-state index is 0. The van der Waals surface area contributed by atoms with Crippen molar-refractivity contribution < 1.29 is 32.6 Å². The first-order chi connectivity index (χ1) is 15.7. The zero-order valence-corrected chi connectivity index (χ0v) is 19.1. The number of aryl methyl sites for hydroxylation is 1. The summed E-state index contributed by atoms with van der Waals surface area (Å²) >= 11 is 0. The molecule has 2 aliphatic heterocycles. The summed E-state index contributed by atoms with van der Waals surface area (Å²) in [6.45, 7) is 0.467. The highest BCUT2D eigenvalue weighted by atomic mass is 35.5. The lowest BCUT2D eigenvalue weighted by molar-refractivity contribution is -0.165. The molecule has 12 heteroatoms. The summed E-state index contributed by atoms with van der Waals surface area (Å²) in [5.74, 6) is -1.75. The van der Waals surface area contributed by atoms with Gasteiger partial charge in [-0.05, 0) is 36.1 Å². The Bertz CT molecular complexity index is 1020. The number of ether oxygens (including phenoxy) is 1. The Morgan fingerprint density at radius 2 is 2.09 bits per heavy atom. The largest absolute Gasteiger partial charge is 0.493 e. The summed E-state index contributed by atoms with van der Waals surface area (Å²) in [4.78, 5) is 29.0. The van der Waals surface area contributed by atoms with Crippen LogP contribution in [0.25, 0.3) is 0 Å². The van der Waals surface area contributed by atoms with Crippen LogP contribution < -0.4 is 10.1 Å². The number of nitrogens with one attached hydrogen (secondary N) is 1. The molecule has 0 aliphatic carbocycles. The van der Waals surface area contributed by atoms with Gasteiger partial charge in [-0.15, -0.1) is 12.4 Å². The van der Waals surface area contributed by atoms with Gasteiger partial charge < -0.3 is 24.6 Å².